The lowest BCUT2D eigenvalue weighted by atomic mass is 9.97. The zero-order chi connectivity index (χ0) is 19.4. The number of nitrogens with zero attached hydrogens (tertiary/aromatic N) is 1. The summed E-state index contributed by atoms with van der Waals surface area (Å²) in [5, 5.41) is 3.70. The molecule has 0 spiro atoms. The van der Waals surface area contributed by atoms with Crippen molar-refractivity contribution in [3.63, 3.8) is 0 Å². The molecule has 1 aromatic carbocycles. The Morgan fingerprint density at radius 2 is 1.93 bits per heavy atom. The van der Waals surface area contributed by atoms with Crippen LogP contribution in [0.25, 0.3) is 0 Å². The Morgan fingerprint density at radius 1 is 1.26 bits per heavy atom. The molecule has 1 aliphatic rings. The van der Waals surface area contributed by atoms with Crippen LogP contribution in [-0.4, -0.2) is 29.0 Å². The number of benzene rings is 1. The highest BCUT2D eigenvalue weighted by atomic mass is 32.1. The number of rotatable bonds is 6. The molecule has 1 saturated carbocycles. The van der Waals surface area contributed by atoms with E-state index in [1.807, 2.05) is 0 Å². The van der Waals surface area contributed by atoms with E-state index in [-0.39, 0.29) is 24.3 Å². The van der Waals surface area contributed by atoms with Gasteiger partial charge in [0.1, 0.15) is 16.2 Å². The second-order valence-electron chi connectivity index (χ2n) is 6.79. The maximum Gasteiger partial charge on any atom is 0.331 e. The molecule has 0 saturated heterocycles. The van der Waals surface area contributed by atoms with Crippen molar-refractivity contribution < 1.29 is 18.7 Å². The standard InChI is InChI=1S/C20H23FN2O3S/c1-3-26-19(25)20(10-4-5-11-20)23-18(24)17-13(2)22-16(27-17)12-14-6-8-15(21)9-7-14/h6-9H,3-5,10-12H2,1-2H3,(H,23,24). The van der Waals surface area contributed by atoms with E-state index < -0.39 is 5.54 Å². The van der Waals surface area contributed by atoms with E-state index >= 15 is 0 Å². The molecule has 0 radical (unpaired) electrons. The van der Waals surface area contributed by atoms with Crippen LogP contribution < -0.4 is 5.32 Å². The third kappa shape index (κ3) is 4.35. The van der Waals surface area contributed by atoms with E-state index in [1.54, 1.807) is 26.0 Å². The van der Waals surface area contributed by atoms with Gasteiger partial charge in [0.05, 0.1) is 17.3 Å². The number of aryl methyl sites for hydroxylation is 1. The molecule has 1 amide bonds. The topological polar surface area (TPSA) is 68.3 Å². The van der Waals surface area contributed by atoms with Crippen molar-refractivity contribution in [1.29, 1.82) is 0 Å². The number of thiazole rings is 1. The van der Waals surface area contributed by atoms with Crippen LogP contribution in [0.15, 0.2) is 24.3 Å². The smallest absolute Gasteiger partial charge is 0.331 e. The Hall–Kier alpha value is -2.28. The van der Waals surface area contributed by atoms with Gasteiger partial charge in [0.15, 0.2) is 0 Å². The molecule has 1 N–H and O–H groups in total. The molecular weight excluding hydrogens is 367 g/mol. The largest absolute Gasteiger partial charge is 0.464 e. The highest BCUT2D eigenvalue weighted by Gasteiger charge is 2.44. The maximum atomic E-state index is 13.0. The average Bonchev–Trinajstić information content (AvgIpc) is 3.25. The molecule has 27 heavy (non-hydrogen) atoms. The monoisotopic (exact) mass is 390 g/mol. The van der Waals surface area contributed by atoms with Gasteiger partial charge in [-0.25, -0.2) is 14.2 Å². The molecule has 7 heteroatoms. The molecule has 144 valence electrons. The summed E-state index contributed by atoms with van der Waals surface area (Å²) in [6, 6.07) is 6.24. The van der Waals surface area contributed by atoms with Crippen LogP contribution in [0.3, 0.4) is 0 Å². The molecule has 3 rings (SSSR count). The predicted octanol–water partition coefficient (Wildman–Crippen LogP) is 3.79. The Bertz CT molecular complexity index is 826. The summed E-state index contributed by atoms with van der Waals surface area (Å²) < 4.78 is 18.2. The lowest BCUT2D eigenvalue weighted by Gasteiger charge is -2.27. The van der Waals surface area contributed by atoms with Gasteiger partial charge in [-0.15, -0.1) is 11.3 Å². The first kappa shape index (κ1) is 19.5. The predicted molar refractivity (Wildman–Crippen MR) is 101 cm³/mol. The Labute approximate surface area is 162 Å². The number of halogens is 1. The summed E-state index contributed by atoms with van der Waals surface area (Å²) in [4.78, 5) is 30.2. The van der Waals surface area contributed by atoms with Gasteiger partial charge in [-0.05, 0) is 44.4 Å². The van der Waals surface area contributed by atoms with Crippen LogP contribution in [0.5, 0.6) is 0 Å². The highest BCUT2D eigenvalue weighted by Crippen LogP contribution is 2.32. The number of hydrogen-bond donors (Lipinski definition) is 1. The van der Waals surface area contributed by atoms with Gasteiger partial charge in [-0.2, -0.15) is 0 Å². The minimum absolute atomic E-state index is 0.282. The fraction of sp³-hybridized carbons (Fsp3) is 0.450. The van der Waals surface area contributed by atoms with Gasteiger partial charge < -0.3 is 10.1 Å². The van der Waals surface area contributed by atoms with Gasteiger partial charge in [0, 0.05) is 6.42 Å². The van der Waals surface area contributed by atoms with Crippen LogP contribution in [-0.2, 0) is 16.0 Å². The van der Waals surface area contributed by atoms with E-state index in [1.165, 1.54) is 23.5 Å². The first-order valence-electron chi connectivity index (χ1n) is 9.14. The molecule has 0 aliphatic heterocycles. The van der Waals surface area contributed by atoms with Crippen molar-refractivity contribution in [3.8, 4) is 0 Å². The Kier molecular flexibility index (Phi) is 5.89. The van der Waals surface area contributed by atoms with Crippen molar-refractivity contribution in [1.82, 2.24) is 10.3 Å². The van der Waals surface area contributed by atoms with E-state index in [0.29, 0.717) is 29.8 Å². The summed E-state index contributed by atoms with van der Waals surface area (Å²) in [5.41, 5.74) is 0.628. The van der Waals surface area contributed by atoms with Crippen molar-refractivity contribution in [3.05, 3.63) is 51.2 Å². The van der Waals surface area contributed by atoms with Gasteiger partial charge in [-0.1, -0.05) is 25.0 Å². The average molecular weight is 390 g/mol. The first-order chi connectivity index (χ1) is 12.9. The Morgan fingerprint density at radius 3 is 2.56 bits per heavy atom. The van der Waals surface area contributed by atoms with E-state index in [0.717, 1.165) is 23.4 Å². The number of carbonyl (C=O) groups is 2. The van der Waals surface area contributed by atoms with Crippen LogP contribution >= 0.6 is 11.3 Å². The first-order valence-corrected chi connectivity index (χ1v) is 9.95. The third-order valence-electron chi connectivity index (χ3n) is 4.79. The highest BCUT2D eigenvalue weighted by molar-refractivity contribution is 7.13. The maximum absolute atomic E-state index is 13.0. The number of amides is 1. The summed E-state index contributed by atoms with van der Waals surface area (Å²) in [7, 11) is 0. The number of aromatic nitrogens is 1. The molecule has 0 unspecified atom stereocenters. The van der Waals surface area contributed by atoms with Crippen molar-refractivity contribution in [2.75, 3.05) is 6.61 Å². The molecule has 0 bridgehead atoms. The van der Waals surface area contributed by atoms with Crippen LogP contribution in [0.4, 0.5) is 4.39 Å². The van der Waals surface area contributed by atoms with Gasteiger partial charge in [0.25, 0.3) is 5.91 Å². The minimum atomic E-state index is -0.930. The summed E-state index contributed by atoms with van der Waals surface area (Å²) in [6.45, 7) is 3.83. The number of esters is 1. The van der Waals surface area contributed by atoms with Crippen molar-refractivity contribution in [2.24, 2.45) is 0 Å². The lowest BCUT2D eigenvalue weighted by Crippen LogP contribution is -2.53. The fourth-order valence-corrected chi connectivity index (χ4v) is 4.41. The van der Waals surface area contributed by atoms with Crippen molar-refractivity contribution in [2.45, 2.75) is 51.5 Å². The number of carbonyl (C=O) groups excluding carboxylic acids is 2. The molecule has 1 fully saturated rings. The van der Waals surface area contributed by atoms with Crippen molar-refractivity contribution >= 4 is 23.2 Å². The van der Waals surface area contributed by atoms with Crippen LogP contribution in [0.2, 0.25) is 0 Å². The second kappa shape index (κ2) is 8.17. The molecule has 1 aliphatic carbocycles. The summed E-state index contributed by atoms with van der Waals surface area (Å²) in [6.07, 6.45) is 3.49. The minimum Gasteiger partial charge on any atom is -0.464 e. The number of nitrogens with one attached hydrogen (secondary N) is 1. The molecule has 5 nitrogen and oxygen atoms in total. The number of hydrogen-bond acceptors (Lipinski definition) is 5. The molecule has 0 atom stereocenters. The van der Waals surface area contributed by atoms with Gasteiger partial charge in [-0.3, -0.25) is 4.79 Å². The Balaban J connectivity index is 1.75. The quantitative estimate of drug-likeness (QED) is 0.762. The zero-order valence-electron chi connectivity index (χ0n) is 15.5. The van der Waals surface area contributed by atoms with Gasteiger partial charge in [0.2, 0.25) is 0 Å². The lowest BCUT2D eigenvalue weighted by molar-refractivity contribution is -0.150. The summed E-state index contributed by atoms with van der Waals surface area (Å²) in [5.74, 6) is -0.926. The van der Waals surface area contributed by atoms with E-state index in [2.05, 4.69) is 10.3 Å². The normalized spacial score (nSPS) is 15.5. The van der Waals surface area contributed by atoms with Crippen LogP contribution in [0, 0.1) is 12.7 Å². The molecular formula is C20H23FN2O3S. The molecule has 2 aromatic rings. The zero-order valence-corrected chi connectivity index (χ0v) is 16.3. The van der Waals surface area contributed by atoms with E-state index in [9.17, 15) is 14.0 Å². The fourth-order valence-electron chi connectivity index (χ4n) is 3.42. The van der Waals surface area contributed by atoms with E-state index in [4.69, 9.17) is 4.74 Å². The summed E-state index contributed by atoms with van der Waals surface area (Å²) >= 11 is 1.30. The third-order valence-corrected chi connectivity index (χ3v) is 5.95. The second-order valence-corrected chi connectivity index (χ2v) is 7.87. The number of ether oxygens (including phenoxy) is 1. The SMILES string of the molecule is CCOC(=O)C1(NC(=O)c2sc(Cc3ccc(F)cc3)nc2C)CCCC1. The van der Waals surface area contributed by atoms with Gasteiger partial charge >= 0.3 is 5.97 Å². The molecule has 1 heterocycles. The van der Waals surface area contributed by atoms with Crippen LogP contribution in [0.1, 0.15) is 58.5 Å². The molecule has 1 aromatic heterocycles.